The summed E-state index contributed by atoms with van der Waals surface area (Å²) < 4.78 is 5.59. The summed E-state index contributed by atoms with van der Waals surface area (Å²) in [4.78, 5) is 17.8. The van der Waals surface area contributed by atoms with Crippen LogP contribution in [0.5, 0.6) is 5.75 Å². The summed E-state index contributed by atoms with van der Waals surface area (Å²) in [5, 5.41) is 1.21. The van der Waals surface area contributed by atoms with Gasteiger partial charge in [-0.2, -0.15) is 0 Å². The van der Waals surface area contributed by atoms with Gasteiger partial charge in [-0.15, -0.1) is 0 Å². The molecule has 3 N–H and O–H groups in total. The van der Waals surface area contributed by atoms with Gasteiger partial charge in [0, 0.05) is 16.8 Å². The Morgan fingerprint density at radius 2 is 2.25 bits per heavy atom. The van der Waals surface area contributed by atoms with Gasteiger partial charge in [-0.1, -0.05) is 23.4 Å². The van der Waals surface area contributed by atoms with Gasteiger partial charge in [-0.05, 0) is 30.7 Å². The van der Waals surface area contributed by atoms with Crippen molar-refractivity contribution in [3.8, 4) is 5.75 Å². The van der Waals surface area contributed by atoms with Crippen LogP contribution in [0.4, 0.5) is 5.82 Å². The standard InChI is InChI=1S/C13H14ClN3O2S/c1-8-6-9(2-3-10(8)14)19-4-5-20-13-16-11(15)7-12(18)17-13/h2-3,6-7H,4-5H2,1H3,(H3,15,16,17,18). The number of benzene rings is 1. The number of rotatable bonds is 5. The highest BCUT2D eigenvalue weighted by molar-refractivity contribution is 7.99. The van der Waals surface area contributed by atoms with Crippen LogP contribution in [0.25, 0.3) is 0 Å². The van der Waals surface area contributed by atoms with E-state index >= 15 is 0 Å². The number of hydrogen-bond donors (Lipinski definition) is 2. The number of nitrogens with one attached hydrogen (secondary N) is 1. The number of H-pyrrole nitrogens is 1. The summed E-state index contributed by atoms with van der Waals surface area (Å²) in [5.74, 6) is 1.63. The van der Waals surface area contributed by atoms with Crippen molar-refractivity contribution in [2.75, 3.05) is 18.1 Å². The molecule has 0 unspecified atom stereocenters. The van der Waals surface area contributed by atoms with Crippen molar-refractivity contribution in [1.82, 2.24) is 9.97 Å². The third-order valence-corrected chi connectivity index (χ3v) is 3.72. The highest BCUT2D eigenvalue weighted by Gasteiger charge is 2.01. The Balaban J connectivity index is 1.84. The zero-order valence-corrected chi connectivity index (χ0v) is 12.4. The summed E-state index contributed by atoms with van der Waals surface area (Å²) in [6.07, 6.45) is 0. The molecule has 0 amide bonds. The van der Waals surface area contributed by atoms with Crippen molar-refractivity contribution in [2.45, 2.75) is 12.1 Å². The Hall–Kier alpha value is -1.66. The van der Waals surface area contributed by atoms with Crippen LogP contribution < -0.4 is 16.0 Å². The van der Waals surface area contributed by atoms with Crippen LogP contribution in [0.2, 0.25) is 5.02 Å². The van der Waals surface area contributed by atoms with Gasteiger partial charge >= 0.3 is 0 Å². The third-order valence-electron chi connectivity index (χ3n) is 2.46. The number of nitrogen functional groups attached to an aromatic ring is 1. The van der Waals surface area contributed by atoms with Gasteiger partial charge in [0.05, 0.1) is 6.61 Å². The van der Waals surface area contributed by atoms with Gasteiger partial charge in [-0.3, -0.25) is 4.79 Å². The second-order valence-corrected chi connectivity index (χ2v) is 5.57. The molecule has 0 aliphatic rings. The first-order chi connectivity index (χ1) is 9.54. The van der Waals surface area contributed by atoms with Crippen LogP contribution in [0.1, 0.15) is 5.56 Å². The fraction of sp³-hybridized carbons (Fsp3) is 0.231. The molecule has 2 aromatic rings. The summed E-state index contributed by atoms with van der Waals surface area (Å²) >= 11 is 7.32. The fourth-order valence-electron chi connectivity index (χ4n) is 1.53. The predicted molar refractivity (Wildman–Crippen MR) is 81.7 cm³/mol. The van der Waals surface area contributed by atoms with Gasteiger partial charge in [0.1, 0.15) is 11.6 Å². The van der Waals surface area contributed by atoms with Gasteiger partial charge in [0.2, 0.25) is 0 Å². The highest BCUT2D eigenvalue weighted by Crippen LogP contribution is 2.21. The summed E-state index contributed by atoms with van der Waals surface area (Å²) in [7, 11) is 0. The lowest BCUT2D eigenvalue weighted by Gasteiger charge is -2.07. The van der Waals surface area contributed by atoms with Gasteiger partial charge < -0.3 is 15.5 Å². The molecule has 5 nitrogen and oxygen atoms in total. The van der Waals surface area contributed by atoms with Crippen LogP contribution in [0, 0.1) is 6.92 Å². The average Bonchev–Trinajstić information content (AvgIpc) is 2.38. The molecule has 0 spiro atoms. The molecule has 1 heterocycles. The lowest BCUT2D eigenvalue weighted by Crippen LogP contribution is -2.10. The van der Waals surface area contributed by atoms with Crippen molar-refractivity contribution < 1.29 is 4.74 Å². The highest BCUT2D eigenvalue weighted by atomic mass is 35.5. The van der Waals surface area contributed by atoms with E-state index in [-0.39, 0.29) is 11.4 Å². The van der Waals surface area contributed by atoms with E-state index in [9.17, 15) is 4.79 Å². The van der Waals surface area contributed by atoms with Crippen LogP contribution in [0.3, 0.4) is 0 Å². The van der Waals surface area contributed by atoms with E-state index in [2.05, 4.69) is 9.97 Å². The Kier molecular flexibility index (Phi) is 4.92. The third kappa shape index (κ3) is 4.18. The molecule has 20 heavy (non-hydrogen) atoms. The van der Waals surface area contributed by atoms with E-state index < -0.39 is 0 Å². The molecule has 0 radical (unpaired) electrons. The maximum atomic E-state index is 11.2. The minimum atomic E-state index is -0.255. The van der Waals surface area contributed by atoms with Crippen molar-refractivity contribution in [2.24, 2.45) is 0 Å². The number of nitrogens with two attached hydrogens (primary N) is 1. The molecule has 106 valence electrons. The fourth-order valence-corrected chi connectivity index (χ4v) is 2.35. The number of aromatic nitrogens is 2. The van der Waals surface area contributed by atoms with Gasteiger partial charge in [-0.25, -0.2) is 4.98 Å². The van der Waals surface area contributed by atoms with Gasteiger partial charge in [0.15, 0.2) is 5.16 Å². The smallest absolute Gasteiger partial charge is 0.253 e. The zero-order chi connectivity index (χ0) is 14.5. The molecular formula is C13H14ClN3O2S. The number of halogens is 1. The molecule has 7 heteroatoms. The molecule has 0 atom stereocenters. The minimum Gasteiger partial charge on any atom is -0.493 e. The first-order valence-corrected chi connectivity index (χ1v) is 7.29. The lowest BCUT2D eigenvalue weighted by molar-refractivity contribution is 0.343. The Morgan fingerprint density at radius 1 is 1.45 bits per heavy atom. The summed E-state index contributed by atoms with van der Waals surface area (Å²) in [6.45, 7) is 2.41. The Labute approximate surface area is 125 Å². The molecule has 0 saturated heterocycles. The average molecular weight is 312 g/mol. The molecule has 0 saturated carbocycles. The Bertz CT molecular complexity index is 660. The molecule has 1 aromatic heterocycles. The molecule has 0 aliphatic carbocycles. The lowest BCUT2D eigenvalue weighted by atomic mass is 10.2. The van der Waals surface area contributed by atoms with Crippen molar-refractivity contribution in [3.63, 3.8) is 0 Å². The second-order valence-electron chi connectivity index (χ2n) is 4.08. The second kappa shape index (κ2) is 6.67. The van der Waals surface area contributed by atoms with E-state index in [1.165, 1.54) is 17.8 Å². The van der Waals surface area contributed by atoms with E-state index in [1.54, 1.807) is 6.07 Å². The van der Waals surface area contributed by atoms with Crippen molar-refractivity contribution >= 4 is 29.2 Å². The SMILES string of the molecule is Cc1cc(OCCSc2nc(N)cc(=O)[nH]2)ccc1Cl. The van der Waals surface area contributed by atoms with Crippen molar-refractivity contribution in [3.05, 3.63) is 45.2 Å². The quantitative estimate of drug-likeness (QED) is 0.504. The molecular weight excluding hydrogens is 298 g/mol. The first kappa shape index (κ1) is 14.7. The van der Waals surface area contributed by atoms with Gasteiger partial charge in [0.25, 0.3) is 5.56 Å². The molecule has 0 aliphatic heterocycles. The van der Waals surface area contributed by atoms with Crippen LogP contribution in [-0.2, 0) is 0 Å². The molecule has 1 aromatic carbocycles. The van der Waals surface area contributed by atoms with Crippen molar-refractivity contribution in [1.29, 1.82) is 0 Å². The van der Waals surface area contributed by atoms with E-state index in [0.717, 1.165) is 11.3 Å². The Morgan fingerprint density at radius 3 is 2.95 bits per heavy atom. The number of anilines is 1. The maximum absolute atomic E-state index is 11.2. The molecule has 2 rings (SSSR count). The maximum Gasteiger partial charge on any atom is 0.253 e. The number of ether oxygens (including phenoxy) is 1. The van der Waals surface area contributed by atoms with Crippen LogP contribution in [0.15, 0.2) is 34.2 Å². The normalized spacial score (nSPS) is 10.5. The number of nitrogens with zero attached hydrogens (tertiary/aromatic N) is 1. The monoisotopic (exact) mass is 311 g/mol. The largest absolute Gasteiger partial charge is 0.493 e. The number of aryl methyl sites for hydroxylation is 1. The first-order valence-electron chi connectivity index (χ1n) is 5.93. The molecule has 0 fully saturated rings. The van der Waals surface area contributed by atoms with Crippen LogP contribution in [-0.4, -0.2) is 22.3 Å². The van der Waals surface area contributed by atoms with E-state index in [0.29, 0.717) is 22.5 Å². The minimum absolute atomic E-state index is 0.213. The number of thioether (sulfide) groups is 1. The summed E-state index contributed by atoms with van der Waals surface area (Å²) in [5.41, 5.74) is 6.21. The number of aromatic amines is 1. The predicted octanol–water partition coefficient (Wildman–Crippen LogP) is 2.49. The molecule has 0 bridgehead atoms. The van der Waals surface area contributed by atoms with E-state index in [4.69, 9.17) is 22.1 Å². The number of hydrogen-bond acceptors (Lipinski definition) is 5. The topological polar surface area (TPSA) is 81.0 Å². The summed E-state index contributed by atoms with van der Waals surface area (Å²) in [6, 6.07) is 6.75. The van der Waals surface area contributed by atoms with Crippen LogP contribution >= 0.6 is 23.4 Å². The zero-order valence-electron chi connectivity index (χ0n) is 10.9. The van der Waals surface area contributed by atoms with E-state index in [1.807, 2.05) is 19.1 Å².